The van der Waals surface area contributed by atoms with Crippen LogP contribution in [0.15, 0.2) is 17.1 Å². The first-order valence-corrected chi connectivity index (χ1v) is 3.42. The van der Waals surface area contributed by atoms with Crippen molar-refractivity contribution in [3.63, 3.8) is 0 Å². The molecule has 0 aromatic heterocycles. The summed E-state index contributed by atoms with van der Waals surface area (Å²) >= 11 is 0. The maximum Gasteiger partial charge on any atom is 0.0498 e. The predicted molar refractivity (Wildman–Crippen MR) is 43.1 cm³/mol. The molecular weight excluding hydrogens is 110 g/mol. The van der Waals surface area contributed by atoms with Crippen LogP contribution in [0.5, 0.6) is 0 Å². The van der Waals surface area contributed by atoms with Crippen molar-refractivity contribution in [2.75, 3.05) is 0 Å². The zero-order valence-corrected chi connectivity index (χ0v) is 6.30. The van der Waals surface area contributed by atoms with Crippen molar-refractivity contribution >= 4 is 6.72 Å². The maximum atomic E-state index is 3.86. The first-order chi connectivity index (χ1) is 4.31. The third-order valence-electron chi connectivity index (χ3n) is 1.19. The first-order valence-electron chi connectivity index (χ1n) is 3.42. The van der Waals surface area contributed by atoms with E-state index in [4.69, 9.17) is 0 Å². The highest BCUT2D eigenvalue weighted by Gasteiger charge is 1.89. The summed E-state index contributed by atoms with van der Waals surface area (Å²) in [6, 6.07) is 0.382. The molecule has 0 heterocycles. The maximum absolute atomic E-state index is 3.86. The van der Waals surface area contributed by atoms with E-state index in [9.17, 15) is 0 Å². The van der Waals surface area contributed by atoms with Crippen LogP contribution in [-0.4, -0.2) is 12.8 Å². The molecule has 1 atom stereocenters. The first kappa shape index (κ1) is 8.41. The van der Waals surface area contributed by atoms with Crippen LogP contribution in [-0.2, 0) is 0 Å². The van der Waals surface area contributed by atoms with E-state index in [0.29, 0.717) is 6.04 Å². The Morgan fingerprint density at radius 3 is 2.67 bits per heavy atom. The molecule has 1 heteroatoms. The van der Waals surface area contributed by atoms with E-state index in [-0.39, 0.29) is 0 Å². The van der Waals surface area contributed by atoms with Crippen LogP contribution >= 0.6 is 0 Å². The fraction of sp³-hybridized carbons (Fsp3) is 0.625. The molecule has 0 aliphatic carbocycles. The van der Waals surface area contributed by atoms with E-state index >= 15 is 0 Å². The Bertz CT molecular complexity index is 94.7. The highest BCUT2D eigenvalue weighted by atomic mass is 14.7. The van der Waals surface area contributed by atoms with Crippen LogP contribution < -0.4 is 0 Å². The van der Waals surface area contributed by atoms with Gasteiger partial charge in [-0.25, -0.2) is 0 Å². The highest BCUT2D eigenvalue weighted by molar-refractivity contribution is 5.24. The molecule has 0 bridgehead atoms. The minimum absolute atomic E-state index is 0.382. The zero-order valence-electron chi connectivity index (χ0n) is 6.30. The lowest BCUT2D eigenvalue weighted by Gasteiger charge is -1.97. The monoisotopic (exact) mass is 125 g/mol. The minimum atomic E-state index is 0.382. The molecule has 0 saturated carbocycles. The van der Waals surface area contributed by atoms with Gasteiger partial charge in [-0.05, 0) is 26.5 Å². The van der Waals surface area contributed by atoms with E-state index < -0.39 is 0 Å². The molecule has 0 aromatic rings. The van der Waals surface area contributed by atoms with E-state index in [0.717, 1.165) is 12.8 Å². The van der Waals surface area contributed by atoms with Crippen molar-refractivity contribution in [1.29, 1.82) is 0 Å². The van der Waals surface area contributed by atoms with Gasteiger partial charge in [0.2, 0.25) is 0 Å². The van der Waals surface area contributed by atoms with E-state index in [1.807, 2.05) is 0 Å². The Hall–Kier alpha value is -0.590. The predicted octanol–water partition coefficient (Wildman–Crippen LogP) is 2.43. The Balaban J connectivity index is 3.25. The second kappa shape index (κ2) is 5.54. The summed E-state index contributed by atoms with van der Waals surface area (Å²) in [6.45, 7) is 7.65. The molecule has 0 aliphatic rings. The molecule has 1 nitrogen and oxygen atoms in total. The molecule has 0 aromatic carbocycles. The molecule has 0 fully saturated rings. The number of hydrogen-bond acceptors (Lipinski definition) is 1. The number of aliphatic imine (C=N–C) groups is 1. The molecular formula is C8H15N. The molecule has 0 saturated heterocycles. The van der Waals surface area contributed by atoms with Crippen molar-refractivity contribution in [1.82, 2.24) is 0 Å². The second-order valence-corrected chi connectivity index (χ2v) is 2.15. The van der Waals surface area contributed by atoms with Gasteiger partial charge in [0.25, 0.3) is 0 Å². The average Bonchev–Trinajstić information content (AvgIpc) is 1.89. The van der Waals surface area contributed by atoms with E-state index in [2.05, 4.69) is 37.7 Å². The van der Waals surface area contributed by atoms with Gasteiger partial charge >= 0.3 is 0 Å². The second-order valence-electron chi connectivity index (χ2n) is 2.15. The lowest BCUT2D eigenvalue weighted by molar-refractivity contribution is 0.764. The zero-order chi connectivity index (χ0) is 7.11. The number of hydrogen-bond donors (Lipinski definition) is 0. The summed E-state index contributed by atoms with van der Waals surface area (Å²) in [5.41, 5.74) is 0. The van der Waals surface area contributed by atoms with Gasteiger partial charge in [-0.2, -0.15) is 0 Å². The van der Waals surface area contributed by atoms with Crippen LogP contribution in [0.25, 0.3) is 0 Å². The fourth-order valence-electron chi connectivity index (χ4n) is 0.534. The van der Waals surface area contributed by atoms with Crippen molar-refractivity contribution < 1.29 is 0 Å². The summed E-state index contributed by atoms with van der Waals surface area (Å²) in [6.07, 6.45) is 6.45. The fourth-order valence-corrected chi connectivity index (χ4v) is 0.534. The van der Waals surface area contributed by atoms with Crippen molar-refractivity contribution in [3.8, 4) is 0 Å². The molecule has 0 spiro atoms. The molecule has 0 N–H and O–H groups in total. The molecule has 0 rings (SSSR count). The van der Waals surface area contributed by atoms with E-state index in [1.165, 1.54) is 0 Å². The lowest BCUT2D eigenvalue weighted by Crippen LogP contribution is -1.92. The largest absolute Gasteiger partial charge is 0.298 e. The Morgan fingerprint density at radius 2 is 2.22 bits per heavy atom. The summed E-state index contributed by atoms with van der Waals surface area (Å²) < 4.78 is 0. The standard InChI is InChI=1S/C8H15N/c1-4-5-6-7-8(2)9-3/h5-6,8H,3-4,7H2,1-2H3/b6-5-/t8-/m0/s1. The summed E-state index contributed by atoms with van der Waals surface area (Å²) in [5, 5.41) is 0. The van der Waals surface area contributed by atoms with Gasteiger partial charge in [-0.3, -0.25) is 4.99 Å². The summed E-state index contributed by atoms with van der Waals surface area (Å²) in [7, 11) is 0. The Labute approximate surface area is 57.5 Å². The topological polar surface area (TPSA) is 12.4 Å². The molecule has 0 radical (unpaired) electrons. The summed E-state index contributed by atoms with van der Waals surface area (Å²) in [4.78, 5) is 3.86. The number of nitrogens with zero attached hydrogens (tertiary/aromatic N) is 1. The lowest BCUT2D eigenvalue weighted by atomic mass is 10.2. The molecule has 9 heavy (non-hydrogen) atoms. The molecule has 0 amide bonds. The van der Waals surface area contributed by atoms with Gasteiger partial charge in [0.05, 0.1) is 0 Å². The van der Waals surface area contributed by atoms with E-state index in [1.54, 1.807) is 0 Å². The van der Waals surface area contributed by atoms with Gasteiger partial charge in [0.15, 0.2) is 0 Å². The van der Waals surface area contributed by atoms with Crippen LogP contribution in [0.4, 0.5) is 0 Å². The molecule has 0 aliphatic heterocycles. The van der Waals surface area contributed by atoms with Gasteiger partial charge in [-0.1, -0.05) is 19.1 Å². The minimum Gasteiger partial charge on any atom is -0.298 e. The molecule has 0 unspecified atom stereocenters. The van der Waals surface area contributed by atoms with Crippen LogP contribution in [0.3, 0.4) is 0 Å². The number of rotatable bonds is 4. The highest BCUT2D eigenvalue weighted by Crippen LogP contribution is 1.96. The smallest absolute Gasteiger partial charge is 0.0498 e. The Morgan fingerprint density at radius 1 is 1.56 bits per heavy atom. The number of allylic oxidation sites excluding steroid dienone is 1. The SMILES string of the molecule is C=N[C@@H](C)C/C=C\CC. The normalized spacial score (nSPS) is 14.0. The summed E-state index contributed by atoms with van der Waals surface area (Å²) in [5.74, 6) is 0. The third kappa shape index (κ3) is 5.28. The van der Waals surface area contributed by atoms with Crippen LogP contribution in [0, 0.1) is 0 Å². The quantitative estimate of drug-likeness (QED) is 0.404. The van der Waals surface area contributed by atoms with Gasteiger partial charge < -0.3 is 0 Å². The van der Waals surface area contributed by atoms with Gasteiger partial charge in [-0.15, -0.1) is 0 Å². The van der Waals surface area contributed by atoms with Crippen molar-refractivity contribution in [2.24, 2.45) is 4.99 Å². The molecule has 52 valence electrons. The van der Waals surface area contributed by atoms with Crippen molar-refractivity contribution in [3.05, 3.63) is 12.2 Å². The van der Waals surface area contributed by atoms with Gasteiger partial charge in [0, 0.05) is 6.04 Å². The Kier molecular flexibility index (Phi) is 5.18. The van der Waals surface area contributed by atoms with Crippen molar-refractivity contribution in [2.45, 2.75) is 32.7 Å². The van der Waals surface area contributed by atoms with Gasteiger partial charge in [0.1, 0.15) is 0 Å². The average molecular weight is 125 g/mol. The van der Waals surface area contributed by atoms with Crippen LogP contribution in [0.1, 0.15) is 26.7 Å². The van der Waals surface area contributed by atoms with Crippen LogP contribution in [0.2, 0.25) is 0 Å². The third-order valence-corrected chi connectivity index (χ3v) is 1.19.